The molecule has 0 unspecified atom stereocenters. The van der Waals surface area contributed by atoms with Gasteiger partial charge in [-0.15, -0.1) is 0 Å². The highest BCUT2D eigenvalue weighted by Gasteiger charge is 2.06. The fourth-order valence-electron chi connectivity index (χ4n) is 1.81. The summed E-state index contributed by atoms with van der Waals surface area (Å²) in [5.41, 5.74) is 1.05. The Labute approximate surface area is 123 Å². The summed E-state index contributed by atoms with van der Waals surface area (Å²) >= 11 is 1.78. The van der Waals surface area contributed by atoms with Gasteiger partial charge in [-0.05, 0) is 17.9 Å². The lowest BCUT2D eigenvalue weighted by molar-refractivity contribution is -0.120. The Morgan fingerprint density at radius 3 is 2.75 bits per heavy atom. The molecule has 4 heteroatoms. The van der Waals surface area contributed by atoms with Crippen molar-refractivity contribution in [3.8, 4) is 11.3 Å². The van der Waals surface area contributed by atoms with E-state index in [0.29, 0.717) is 13.0 Å². The minimum atomic E-state index is 0.0728. The highest BCUT2D eigenvalue weighted by Crippen LogP contribution is 2.21. The van der Waals surface area contributed by atoms with Crippen molar-refractivity contribution in [3.05, 3.63) is 48.2 Å². The first kappa shape index (κ1) is 14.7. The molecule has 1 aromatic heterocycles. The molecule has 1 N–H and O–H groups in total. The van der Waals surface area contributed by atoms with Crippen LogP contribution in [0.15, 0.2) is 46.9 Å². The molecule has 0 fully saturated rings. The van der Waals surface area contributed by atoms with Crippen LogP contribution in [0.25, 0.3) is 11.3 Å². The Bertz CT molecular complexity index is 536. The van der Waals surface area contributed by atoms with Gasteiger partial charge in [-0.25, -0.2) is 0 Å². The van der Waals surface area contributed by atoms with E-state index in [4.69, 9.17) is 4.42 Å². The van der Waals surface area contributed by atoms with Crippen LogP contribution >= 0.6 is 11.8 Å². The van der Waals surface area contributed by atoms with Crippen LogP contribution < -0.4 is 5.32 Å². The van der Waals surface area contributed by atoms with E-state index in [-0.39, 0.29) is 5.91 Å². The Morgan fingerprint density at radius 2 is 2.00 bits per heavy atom. The second-order valence-electron chi connectivity index (χ2n) is 4.36. The molecule has 20 heavy (non-hydrogen) atoms. The lowest BCUT2D eigenvalue weighted by atomic mass is 10.2. The molecule has 2 aromatic rings. The van der Waals surface area contributed by atoms with Crippen LogP contribution in [0.2, 0.25) is 0 Å². The van der Waals surface area contributed by atoms with E-state index in [2.05, 4.69) is 12.2 Å². The second-order valence-corrected chi connectivity index (χ2v) is 5.75. The van der Waals surface area contributed by atoms with Crippen molar-refractivity contribution in [2.24, 2.45) is 0 Å². The number of hydrogen-bond donors (Lipinski definition) is 1. The van der Waals surface area contributed by atoms with Crippen LogP contribution in [0, 0.1) is 0 Å². The van der Waals surface area contributed by atoms with Gasteiger partial charge in [0.25, 0.3) is 0 Å². The normalized spacial score (nSPS) is 10.4. The lowest BCUT2D eigenvalue weighted by Gasteiger charge is -2.02. The summed E-state index contributed by atoms with van der Waals surface area (Å²) in [6, 6.07) is 13.8. The summed E-state index contributed by atoms with van der Waals surface area (Å²) < 4.78 is 5.73. The van der Waals surface area contributed by atoms with Gasteiger partial charge < -0.3 is 9.73 Å². The van der Waals surface area contributed by atoms with Crippen molar-refractivity contribution < 1.29 is 9.21 Å². The fraction of sp³-hybridized carbons (Fsp3) is 0.312. The molecule has 106 valence electrons. The zero-order chi connectivity index (χ0) is 14.2. The first-order valence-electron chi connectivity index (χ1n) is 6.78. The zero-order valence-electron chi connectivity index (χ0n) is 11.6. The van der Waals surface area contributed by atoms with E-state index >= 15 is 0 Å². The molecule has 0 aliphatic heterocycles. The van der Waals surface area contributed by atoms with Crippen LogP contribution in [0.3, 0.4) is 0 Å². The Morgan fingerprint density at radius 1 is 1.20 bits per heavy atom. The van der Waals surface area contributed by atoms with Gasteiger partial charge >= 0.3 is 0 Å². The zero-order valence-corrected chi connectivity index (χ0v) is 12.4. The Kier molecular flexibility index (Phi) is 5.74. The molecule has 0 radical (unpaired) electrons. The van der Waals surface area contributed by atoms with E-state index in [0.717, 1.165) is 28.6 Å². The molecule has 0 bridgehead atoms. The summed E-state index contributed by atoms with van der Waals surface area (Å²) in [5.74, 6) is 3.60. The number of benzene rings is 1. The molecule has 1 heterocycles. The van der Waals surface area contributed by atoms with Crippen molar-refractivity contribution in [3.63, 3.8) is 0 Å². The molecular formula is C16H19NO2S. The maximum absolute atomic E-state index is 11.6. The van der Waals surface area contributed by atoms with E-state index in [1.54, 1.807) is 11.8 Å². The third-order valence-electron chi connectivity index (χ3n) is 2.86. The summed E-state index contributed by atoms with van der Waals surface area (Å²) in [5, 5.41) is 2.88. The van der Waals surface area contributed by atoms with Gasteiger partial charge in [0.05, 0.1) is 6.54 Å². The topological polar surface area (TPSA) is 42.2 Å². The molecular weight excluding hydrogens is 270 g/mol. The Balaban J connectivity index is 1.83. The first-order valence-corrected chi connectivity index (χ1v) is 7.93. The van der Waals surface area contributed by atoms with Crippen LogP contribution in [0.5, 0.6) is 0 Å². The van der Waals surface area contributed by atoms with Gasteiger partial charge in [0.15, 0.2) is 0 Å². The van der Waals surface area contributed by atoms with Crippen molar-refractivity contribution in [1.29, 1.82) is 0 Å². The number of hydrogen-bond acceptors (Lipinski definition) is 3. The average molecular weight is 289 g/mol. The maximum Gasteiger partial charge on any atom is 0.221 e. The summed E-state index contributed by atoms with van der Waals surface area (Å²) in [4.78, 5) is 11.6. The predicted octanol–water partition coefficient (Wildman–Crippen LogP) is 3.71. The van der Waals surface area contributed by atoms with Crippen molar-refractivity contribution in [2.45, 2.75) is 19.9 Å². The van der Waals surface area contributed by atoms with E-state index in [1.165, 1.54) is 0 Å². The van der Waals surface area contributed by atoms with Gasteiger partial charge in [-0.3, -0.25) is 4.79 Å². The SMILES string of the molecule is CCSCCC(=O)NCc1ccc(-c2ccccc2)o1. The average Bonchev–Trinajstić information content (AvgIpc) is 2.95. The molecule has 1 aromatic carbocycles. The summed E-state index contributed by atoms with van der Waals surface area (Å²) in [7, 11) is 0. The number of thioether (sulfide) groups is 1. The molecule has 3 nitrogen and oxygen atoms in total. The quantitative estimate of drug-likeness (QED) is 0.790. The van der Waals surface area contributed by atoms with E-state index in [1.807, 2.05) is 42.5 Å². The minimum Gasteiger partial charge on any atom is -0.459 e. The molecule has 0 spiro atoms. The third-order valence-corrected chi connectivity index (χ3v) is 3.76. The predicted molar refractivity (Wildman–Crippen MR) is 83.6 cm³/mol. The highest BCUT2D eigenvalue weighted by molar-refractivity contribution is 7.99. The highest BCUT2D eigenvalue weighted by atomic mass is 32.2. The number of amides is 1. The largest absolute Gasteiger partial charge is 0.459 e. The fourth-order valence-corrected chi connectivity index (χ4v) is 2.43. The summed E-state index contributed by atoms with van der Waals surface area (Å²) in [6.07, 6.45) is 0.560. The first-order chi connectivity index (χ1) is 9.79. The van der Waals surface area contributed by atoms with Gasteiger partial charge in [-0.2, -0.15) is 11.8 Å². The molecule has 1 amide bonds. The van der Waals surface area contributed by atoms with Crippen LogP contribution in [0.4, 0.5) is 0 Å². The number of furan rings is 1. The molecule has 2 rings (SSSR count). The van der Waals surface area contributed by atoms with Crippen LogP contribution in [-0.4, -0.2) is 17.4 Å². The standard InChI is InChI=1S/C16H19NO2S/c1-2-20-11-10-16(18)17-12-14-8-9-15(19-14)13-6-4-3-5-7-13/h3-9H,2,10-12H2,1H3,(H,17,18). The summed E-state index contributed by atoms with van der Waals surface area (Å²) in [6.45, 7) is 2.54. The monoisotopic (exact) mass is 289 g/mol. The third kappa shape index (κ3) is 4.46. The number of carbonyl (C=O) groups is 1. The van der Waals surface area contributed by atoms with E-state index in [9.17, 15) is 4.79 Å². The van der Waals surface area contributed by atoms with Gasteiger partial charge in [-0.1, -0.05) is 37.3 Å². The smallest absolute Gasteiger partial charge is 0.221 e. The molecule has 0 saturated heterocycles. The van der Waals surface area contributed by atoms with Crippen molar-refractivity contribution >= 4 is 17.7 Å². The second kappa shape index (κ2) is 7.80. The van der Waals surface area contributed by atoms with E-state index < -0.39 is 0 Å². The number of nitrogens with one attached hydrogen (secondary N) is 1. The number of carbonyl (C=O) groups excluding carboxylic acids is 1. The van der Waals surface area contributed by atoms with Crippen LogP contribution in [0.1, 0.15) is 19.1 Å². The lowest BCUT2D eigenvalue weighted by Crippen LogP contribution is -2.22. The molecule has 0 atom stereocenters. The maximum atomic E-state index is 11.6. The molecule has 0 aliphatic rings. The number of rotatable bonds is 7. The van der Waals surface area contributed by atoms with Crippen molar-refractivity contribution in [2.75, 3.05) is 11.5 Å². The minimum absolute atomic E-state index is 0.0728. The Hall–Kier alpha value is -1.68. The van der Waals surface area contributed by atoms with Crippen molar-refractivity contribution in [1.82, 2.24) is 5.32 Å². The van der Waals surface area contributed by atoms with Gasteiger partial charge in [0.1, 0.15) is 11.5 Å². The molecule has 0 saturated carbocycles. The van der Waals surface area contributed by atoms with Gasteiger partial charge in [0.2, 0.25) is 5.91 Å². The van der Waals surface area contributed by atoms with Gasteiger partial charge in [0, 0.05) is 17.7 Å². The molecule has 0 aliphatic carbocycles. The van der Waals surface area contributed by atoms with Crippen LogP contribution in [-0.2, 0) is 11.3 Å².